The number of hydrogen-bond donors (Lipinski definition) is 1. The minimum atomic E-state index is -1.13. The number of carbonyl (C=O) groups excluding carboxylic acids is 2. The van der Waals surface area contributed by atoms with Crippen molar-refractivity contribution in [2.24, 2.45) is 0 Å². The van der Waals surface area contributed by atoms with Gasteiger partial charge in [0, 0.05) is 11.6 Å². The zero-order valence-electron chi connectivity index (χ0n) is 22.5. The van der Waals surface area contributed by atoms with E-state index in [1.54, 1.807) is 44.4 Å². The fourth-order valence-electron chi connectivity index (χ4n) is 4.10. The molecule has 10 heteroatoms. The maximum atomic E-state index is 14.2. The molecule has 0 bridgehead atoms. The van der Waals surface area contributed by atoms with Gasteiger partial charge < -0.3 is 19.2 Å². The van der Waals surface area contributed by atoms with E-state index in [0.29, 0.717) is 46.2 Å². The second kappa shape index (κ2) is 11.0. The number of benzene rings is 2. The van der Waals surface area contributed by atoms with Gasteiger partial charge in [0.05, 0.1) is 25.4 Å². The number of carbonyl (C=O) groups is 2. The molecule has 38 heavy (non-hydrogen) atoms. The van der Waals surface area contributed by atoms with Crippen molar-refractivity contribution in [3.8, 4) is 11.5 Å². The maximum absolute atomic E-state index is 14.2. The predicted octanol–water partition coefficient (Wildman–Crippen LogP) is 4.43. The summed E-state index contributed by atoms with van der Waals surface area (Å²) in [5.41, 5.74) is 1.22. The van der Waals surface area contributed by atoms with Crippen molar-refractivity contribution in [3.05, 3.63) is 66.1 Å². The van der Waals surface area contributed by atoms with Gasteiger partial charge in [0.1, 0.15) is 35.1 Å². The Hall–Kier alpha value is -4.34. The largest absolute Gasteiger partial charge is 0.497 e. The molecule has 0 radical (unpaired) electrons. The minimum Gasteiger partial charge on any atom is -0.497 e. The van der Waals surface area contributed by atoms with Crippen molar-refractivity contribution in [1.82, 2.24) is 20.3 Å². The summed E-state index contributed by atoms with van der Waals surface area (Å²) in [5, 5.41) is 11.4. The normalized spacial score (nSPS) is 12.3. The van der Waals surface area contributed by atoms with Gasteiger partial charge in [-0.05, 0) is 63.6 Å². The van der Waals surface area contributed by atoms with Crippen LogP contribution in [-0.4, -0.2) is 46.6 Å². The summed E-state index contributed by atoms with van der Waals surface area (Å²) < 4.78 is 18.5. The third kappa shape index (κ3) is 5.49. The lowest BCUT2D eigenvalue weighted by atomic mass is 10.0. The smallest absolute Gasteiger partial charge is 0.251 e. The number of methoxy groups -OCH3 is 2. The molecule has 0 saturated heterocycles. The summed E-state index contributed by atoms with van der Waals surface area (Å²) in [7, 11) is 3.04. The number of para-hydroxylation sites is 1. The first kappa shape index (κ1) is 26.7. The second-order valence-corrected chi connectivity index (χ2v) is 9.61. The third-order valence-corrected chi connectivity index (χ3v) is 6.50. The van der Waals surface area contributed by atoms with Gasteiger partial charge in [-0.15, -0.1) is 5.10 Å². The molecule has 0 spiro atoms. The Morgan fingerprint density at radius 2 is 1.87 bits per heavy atom. The molecule has 0 saturated carbocycles. The summed E-state index contributed by atoms with van der Waals surface area (Å²) >= 11 is 0. The highest BCUT2D eigenvalue weighted by Gasteiger charge is 2.38. The van der Waals surface area contributed by atoms with Gasteiger partial charge in [-0.2, -0.15) is 0 Å². The van der Waals surface area contributed by atoms with Crippen LogP contribution in [0.1, 0.15) is 44.8 Å². The topological polar surface area (TPSA) is 112 Å². The highest BCUT2D eigenvalue weighted by atomic mass is 16.5. The summed E-state index contributed by atoms with van der Waals surface area (Å²) in [6.07, 6.45) is 0.688. The number of fused-ring (bicyclic) bond motifs is 1. The van der Waals surface area contributed by atoms with Crippen LogP contribution in [0.15, 0.2) is 59.0 Å². The molecular formula is C28H33N5O5. The first-order valence-corrected chi connectivity index (χ1v) is 12.4. The Morgan fingerprint density at radius 3 is 2.53 bits per heavy atom. The molecule has 10 nitrogen and oxygen atoms in total. The highest BCUT2D eigenvalue weighted by molar-refractivity contribution is 6.02. The Morgan fingerprint density at radius 1 is 1.11 bits per heavy atom. The van der Waals surface area contributed by atoms with Crippen LogP contribution >= 0.6 is 0 Å². The monoisotopic (exact) mass is 519 g/mol. The molecule has 2 aromatic heterocycles. The molecule has 0 fully saturated rings. The van der Waals surface area contributed by atoms with Crippen LogP contribution in [0.3, 0.4) is 0 Å². The van der Waals surface area contributed by atoms with Crippen molar-refractivity contribution in [3.63, 3.8) is 0 Å². The van der Waals surface area contributed by atoms with E-state index in [4.69, 9.17) is 13.9 Å². The first-order valence-electron chi connectivity index (χ1n) is 12.4. The lowest BCUT2D eigenvalue weighted by Crippen LogP contribution is -2.51. The summed E-state index contributed by atoms with van der Waals surface area (Å²) in [6, 6.07) is 14.8. The summed E-state index contributed by atoms with van der Waals surface area (Å²) in [5.74, 6) is 1.04. The van der Waals surface area contributed by atoms with Gasteiger partial charge in [-0.3, -0.25) is 14.5 Å². The van der Waals surface area contributed by atoms with Crippen LogP contribution in [0, 0.1) is 6.92 Å². The summed E-state index contributed by atoms with van der Waals surface area (Å²) in [4.78, 5) is 29.5. The Kier molecular flexibility index (Phi) is 7.70. The zero-order valence-corrected chi connectivity index (χ0v) is 22.5. The van der Waals surface area contributed by atoms with Gasteiger partial charge in [-0.1, -0.05) is 24.3 Å². The van der Waals surface area contributed by atoms with Crippen molar-refractivity contribution < 1.29 is 23.5 Å². The van der Waals surface area contributed by atoms with Gasteiger partial charge >= 0.3 is 0 Å². The number of aromatic nitrogens is 3. The predicted molar refractivity (Wildman–Crippen MR) is 143 cm³/mol. The van der Waals surface area contributed by atoms with Gasteiger partial charge in [0.15, 0.2) is 6.04 Å². The van der Waals surface area contributed by atoms with Crippen molar-refractivity contribution >= 4 is 28.5 Å². The van der Waals surface area contributed by atoms with Crippen LogP contribution in [0.2, 0.25) is 0 Å². The maximum Gasteiger partial charge on any atom is 0.251 e. The quantitative estimate of drug-likeness (QED) is 0.330. The summed E-state index contributed by atoms with van der Waals surface area (Å²) in [6.45, 7) is 7.46. The number of anilines is 1. The number of ether oxygens (including phenoxy) is 2. The average molecular weight is 520 g/mol. The number of rotatable bonds is 10. The average Bonchev–Trinajstić information content (AvgIpc) is 3.52. The number of hydrogen-bond acceptors (Lipinski definition) is 7. The van der Waals surface area contributed by atoms with E-state index in [0.717, 1.165) is 0 Å². The van der Waals surface area contributed by atoms with Crippen LogP contribution in [-0.2, 0) is 16.1 Å². The van der Waals surface area contributed by atoms with E-state index in [-0.39, 0.29) is 12.5 Å². The Balaban J connectivity index is 1.87. The highest BCUT2D eigenvalue weighted by Crippen LogP contribution is 2.38. The number of furan rings is 1. The molecule has 2 amide bonds. The molecule has 1 N–H and O–H groups in total. The van der Waals surface area contributed by atoms with E-state index < -0.39 is 17.5 Å². The number of amides is 2. The number of aryl methyl sites for hydroxylation is 1. The van der Waals surface area contributed by atoms with Crippen molar-refractivity contribution in [2.75, 3.05) is 19.1 Å². The molecule has 2 aromatic carbocycles. The van der Waals surface area contributed by atoms with Crippen molar-refractivity contribution in [2.45, 2.75) is 52.2 Å². The Bertz CT molecular complexity index is 1440. The van der Waals surface area contributed by atoms with E-state index >= 15 is 0 Å². The van der Waals surface area contributed by atoms with Gasteiger partial charge in [0.25, 0.3) is 5.91 Å². The number of nitrogens with zero attached hydrogens (tertiary/aromatic N) is 4. The van der Waals surface area contributed by atoms with Gasteiger partial charge in [0.2, 0.25) is 5.91 Å². The number of nitrogens with one attached hydrogen (secondary N) is 1. The van der Waals surface area contributed by atoms with Crippen LogP contribution < -0.4 is 19.7 Å². The standard InChI is InChI=1S/C28H33N5O5/c1-7-28(3,4)29-27(35)26(23-15-12-18(2)38-23)33(22-14-13-19(36-5)16-24(22)37-6)25(34)17-32-21-11-9-8-10-20(21)30-31-32/h8-16,26H,7,17H2,1-6H3,(H,29,35)/t26-/m1/s1. The van der Waals surface area contributed by atoms with E-state index in [1.807, 2.05) is 45.0 Å². The Labute approximate surface area is 221 Å². The lowest BCUT2D eigenvalue weighted by Gasteiger charge is -2.34. The van der Waals surface area contributed by atoms with E-state index in [2.05, 4.69) is 15.6 Å². The second-order valence-electron chi connectivity index (χ2n) is 9.61. The SMILES string of the molecule is CCC(C)(C)NC(=O)[C@@H](c1ccc(C)o1)N(C(=O)Cn1nnc2ccccc21)c1ccc(OC)cc1OC. The molecule has 4 aromatic rings. The molecular weight excluding hydrogens is 486 g/mol. The fraction of sp³-hybridized carbons (Fsp3) is 0.357. The third-order valence-electron chi connectivity index (χ3n) is 6.50. The molecule has 2 heterocycles. The van der Waals surface area contributed by atoms with Crippen molar-refractivity contribution in [1.29, 1.82) is 0 Å². The first-order chi connectivity index (χ1) is 18.2. The zero-order chi connectivity index (χ0) is 27.4. The van der Waals surface area contributed by atoms with E-state index in [1.165, 1.54) is 16.7 Å². The fourth-order valence-corrected chi connectivity index (χ4v) is 4.10. The molecule has 0 aliphatic rings. The van der Waals surface area contributed by atoms with E-state index in [9.17, 15) is 9.59 Å². The minimum absolute atomic E-state index is 0.170. The molecule has 4 rings (SSSR count). The molecule has 200 valence electrons. The van der Waals surface area contributed by atoms with Crippen LogP contribution in [0.5, 0.6) is 11.5 Å². The van der Waals surface area contributed by atoms with Crippen LogP contribution in [0.4, 0.5) is 5.69 Å². The molecule has 0 aliphatic carbocycles. The van der Waals surface area contributed by atoms with Gasteiger partial charge in [-0.25, -0.2) is 4.68 Å². The lowest BCUT2D eigenvalue weighted by molar-refractivity contribution is -0.128. The van der Waals surface area contributed by atoms with Crippen LogP contribution in [0.25, 0.3) is 11.0 Å². The molecule has 1 atom stereocenters. The molecule has 0 unspecified atom stereocenters. The molecule has 0 aliphatic heterocycles.